The Bertz CT molecular complexity index is 441. The number of rotatable bonds is 3. The normalized spacial score (nSPS) is 18.6. The maximum atomic E-state index is 14.0. The number of hydrogen-bond donors (Lipinski definition) is 2. The fourth-order valence-corrected chi connectivity index (χ4v) is 2.62. The van der Waals surface area contributed by atoms with E-state index in [2.05, 4.69) is 0 Å². The Kier molecular flexibility index (Phi) is 3.97. The molecule has 1 fully saturated rings. The van der Waals surface area contributed by atoms with E-state index in [-0.39, 0.29) is 11.7 Å². The van der Waals surface area contributed by atoms with Gasteiger partial charge in [0.15, 0.2) is 0 Å². The quantitative estimate of drug-likeness (QED) is 0.868. The van der Waals surface area contributed by atoms with Gasteiger partial charge < -0.3 is 10.8 Å². The molecule has 1 atom stereocenters. The van der Waals surface area contributed by atoms with E-state index in [4.69, 9.17) is 10.8 Å². The van der Waals surface area contributed by atoms with E-state index >= 15 is 0 Å². The summed E-state index contributed by atoms with van der Waals surface area (Å²) in [4.78, 5) is 10.8. The molecule has 0 amide bonds. The van der Waals surface area contributed by atoms with E-state index in [1.807, 2.05) is 0 Å². The van der Waals surface area contributed by atoms with Crippen LogP contribution >= 0.6 is 0 Å². The molecule has 0 aromatic heterocycles. The second-order valence-electron chi connectivity index (χ2n) is 4.93. The van der Waals surface area contributed by atoms with Crippen molar-refractivity contribution in [2.75, 3.05) is 0 Å². The standard InChI is InChI=1S/C14H18FNO2/c15-12-8-10(13(16)14(17)18)6-7-11(12)9-4-2-1-3-5-9/h6-9,13H,1-5,16H2,(H,17,18). The lowest BCUT2D eigenvalue weighted by Crippen LogP contribution is -2.21. The Balaban J connectivity index is 2.21. The van der Waals surface area contributed by atoms with Gasteiger partial charge in [0, 0.05) is 0 Å². The van der Waals surface area contributed by atoms with E-state index in [0.717, 1.165) is 25.7 Å². The minimum atomic E-state index is -1.15. The van der Waals surface area contributed by atoms with Gasteiger partial charge in [-0.05, 0) is 36.0 Å². The summed E-state index contributed by atoms with van der Waals surface area (Å²) in [5, 5.41) is 8.80. The number of carboxylic acid groups (broad SMARTS) is 1. The first-order valence-corrected chi connectivity index (χ1v) is 6.37. The second-order valence-corrected chi connectivity index (χ2v) is 4.93. The molecule has 1 aromatic rings. The van der Waals surface area contributed by atoms with Crippen LogP contribution in [0.15, 0.2) is 18.2 Å². The average Bonchev–Trinajstić information content (AvgIpc) is 2.38. The molecule has 4 heteroatoms. The lowest BCUT2D eigenvalue weighted by Gasteiger charge is -2.22. The summed E-state index contributed by atoms with van der Waals surface area (Å²) in [5.41, 5.74) is 6.49. The first-order chi connectivity index (χ1) is 8.59. The van der Waals surface area contributed by atoms with Gasteiger partial charge >= 0.3 is 5.97 Å². The van der Waals surface area contributed by atoms with Gasteiger partial charge in [-0.15, -0.1) is 0 Å². The zero-order chi connectivity index (χ0) is 13.1. The molecule has 1 aliphatic carbocycles. The van der Waals surface area contributed by atoms with Gasteiger partial charge in [0.2, 0.25) is 0 Å². The minimum absolute atomic E-state index is 0.272. The van der Waals surface area contributed by atoms with Crippen LogP contribution in [0.4, 0.5) is 4.39 Å². The number of hydrogen-bond acceptors (Lipinski definition) is 2. The summed E-state index contributed by atoms with van der Waals surface area (Å²) < 4.78 is 14.0. The Morgan fingerprint density at radius 2 is 2.00 bits per heavy atom. The molecule has 0 heterocycles. The third-order valence-corrected chi connectivity index (χ3v) is 3.69. The first kappa shape index (κ1) is 13.0. The van der Waals surface area contributed by atoms with Crippen LogP contribution in [-0.4, -0.2) is 11.1 Å². The van der Waals surface area contributed by atoms with Crippen molar-refractivity contribution in [3.8, 4) is 0 Å². The van der Waals surface area contributed by atoms with Crippen LogP contribution in [0.25, 0.3) is 0 Å². The zero-order valence-corrected chi connectivity index (χ0v) is 10.2. The highest BCUT2D eigenvalue weighted by atomic mass is 19.1. The van der Waals surface area contributed by atoms with E-state index < -0.39 is 12.0 Å². The van der Waals surface area contributed by atoms with Crippen molar-refractivity contribution in [2.24, 2.45) is 5.73 Å². The second kappa shape index (κ2) is 5.48. The molecule has 2 rings (SSSR count). The Morgan fingerprint density at radius 3 is 2.56 bits per heavy atom. The van der Waals surface area contributed by atoms with Crippen LogP contribution in [0, 0.1) is 5.82 Å². The number of halogens is 1. The third kappa shape index (κ3) is 2.70. The molecule has 0 spiro atoms. The molecule has 0 saturated heterocycles. The minimum Gasteiger partial charge on any atom is -0.480 e. The van der Waals surface area contributed by atoms with Crippen molar-refractivity contribution in [3.63, 3.8) is 0 Å². The molecule has 0 radical (unpaired) electrons. The highest BCUT2D eigenvalue weighted by molar-refractivity contribution is 5.75. The SMILES string of the molecule is NC(C(=O)O)c1ccc(C2CCCCC2)c(F)c1. The molecule has 3 nitrogen and oxygen atoms in total. The van der Waals surface area contributed by atoms with Gasteiger partial charge in [-0.1, -0.05) is 31.4 Å². The van der Waals surface area contributed by atoms with Crippen molar-refractivity contribution in [3.05, 3.63) is 35.1 Å². The Morgan fingerprint density at radius 1 is 1.33 bits per heavy atom. The molecule has 1 unspecified atom stereocenters. The molecule has 3 N–H and O–H groups in total. The summed E-state index contributed by atoms with van der Waals surface area (Å²) >= 11 is 0. The molecule has 18 heavy (non-hydrogen) atoms. The summed E-state index contributed by atoms with van der Waals surface area (Å²) in [6.45, 7) is 0. The average molecular weight is 251 g/mol. The molecule has 98 valence electrons. The van der Waals surface area contributed by atoms with Crippen molar-refractivity contribution in [1.82, 2.24) is 0 Å². The smallest absolute Gasteiger partial charge is 0.325 e. The summed E-state index contributed by atoms with van der Waals surface area (Å²) in [5.74, 6) is -1.19. The van der Waals surface area contributed by atoms with Crippen molar-refractivity contribution in [2.45, 2.75) is 44.1 Å². The summed E-state index contributed by atoms with van der Waals surface area (Å²) in [7, 11) is 0. The van der Waals surface area contributed by atoms with Gasteiger partial charge in [0.05, 0.1) is 0 Å². The van der Waals surface area contributed by atoms with Crippen LogP contribution < -0.4 is 5.73 Å². The van der Waals surface area contributed by atoms with Crippen LogP contribution in [0.5, 0.6) is 0 Å². The third-order valence-electron chi connectivity index (χ3n) is 3.69. The highest BCUT2D eigenvalue weighted by Crippen LogP contribution is 2.34. The molecule has 1 saturated carbocycles. The maximum Gasteiger partial charge on any atom is 0.325 e. The fraction of sp³-hybridized carbons (Fsp3) is 0.500. The fourth-order valence-electron chi connectivity index (χ4n) is 2.62. The van der Waals surface area contributed by atoms with E-state index in [1.54, 1.807) is 12.1 Å². The number of carbonyl (C=O) groups is 1. The molecule has 1 aliphatic rings. The number of nitrogens with two attached hydrogens (primary N) is 1. The van der Waals surface area contributed by atoms with Gasteiger partial charge in [0.25, 0.3) is 0 Å². The van der Waals surface area contributed by atoms with Gasteiger partial charge in [-0.2, -0.15) is 0 Å². The van der Waals surface area contributed by atoms with Crippen molar-refractivity contribution < 1.29 is 14.3 Å². The van der Waals surface area contributed by atoms with Gasteiger partial charge in [-0.3, -0.25) is 4.79 Å². The number of aliphatic carboxylic acids is 1. The van der Waals surface area contributed by atoms with E-state index in [0.29, 0.717) is 11.1 Å². The largest absolute Gasteiger partial charge is 0.480 e. The molecule has 0 aliphatic heterocycles. The van der Waals surface area contributed by atoms with Crippen LogP contribution in [0.1, 0.15) is 55.2 Å². The van der Waals surface area contributed by atoms with Crippen LogP contribution in [0.2, 0.25) is 0 Å². The number of benzene rings is 1. The van der Waals surface area contributed by atoms with Crippen molar-refractivity contribution in [1.29, 1.82) is 0 Å². The molecule has 1 aromatic carbocycles. The maximum absolute atomic E-state index is 14.0. The lowest BCUT2D eigenvalue weighted by molar-refractivity contribution is -0.138. The van der Waals surface area contributed by atoms with Crippen LogP contribution in [0.3, 0.4) is 0 Å². The van der Waals surface area contributed by atoms with Crippen LogP contribution in [-0.2, 0) is 4.79 Å². The van der Waals surface area contributed by atoms with Gasteiger partial charge in [0.1, 0.15) is 11.9 Å². The van der Waals surface area contributed by atoms with E-state index in [1.165, 1.54) is 12.5 Å². The Labute approximate surface area is 106 Å². The van der Waals surface area contributed by atoms with Crippen molar-refractivity contribution >= 4 is 5.97 Å². The predicted molar refractivity (Wildman–Crippen MR) is 66.8 cm³/mol. The highest BCUT2D eigenvalue weighted by Gasteiger charge is 2.21. The first-order valence-electron chi connectivity index (χ1n) is 6.37. The zero-order valence-electron chi connectivity index (χ0n) is 10.2. The monoisotopic (exact) mass is 251 g/mol. The lowest BCUT2D eigenvalue weighted by atomic mass is 9.83. The predicted octanol–water partition coefficient (Wildman–Crippen LogP) is 2.96. The topological polar surface area (TPSA) is 63.3 Å². The van der Waals surface area contributed by atoms with E-state index in [9.17, 15) is 9.18 Å². The Hall–Kier alpha value is -1.42. The number of carboxylic acids is 1. The summed E-state index contributed by atoms with van der Waals surface area (Å²) in [6, 6.07) is 3.44. The summed E-state index contributed by atoms with van der Waals surface area (Å²) in [6.07, 6.45) is 5.53. The molecule has 0 bridgehead atoms. The molecular formula is C14H18FNO2. The molecular weight excluding hydrogens is 233 g/mol. The van der Waals surface area contributed by atoms with Gasteiger partial charge in [-0.25, -0.2) is 4.39 Å².